The van der Waals surface area contributed by atoms with Crippen molar-refractivity contribution in [1.29, 1.82) is 0 Å². The highest BCUT2D eigenvalue weighted by atomic mass is 16.6. The molecule has 0 aliphatic heterocycles. The van der Waals surface area contributed by atoms with Crippen LogP contribution in [-0.4, -0.2) is 37.2 Å². The molecule has 0 aliphatic rings. The van der Waals surface area contributed by atoms with Gasteiger partial charge in [0.15, 0.2) is 6.10 Å². The largest absolute Gasteiger partial charge is 0.462 e. The molecule has 6 heteroatoms. The zero-order chi connectivity index (χ0) is 50.7. The first-order valence-corrected chi connectivity index (χ1v) is 31.0. The van der Waals surface area contributed by atoms with Gasteiger partial charge in [-0.1, -0.05) is 295 Å². The third kappa shape index (κ3) is 56.5. The number of esters is 3. The van der Waals surface area contributed by atoms with E-state index in [1.54, 1.807) is 0 Å². The highest BCUT2D eigenvalue weighted by Crippen LogP contribution is 2.17. The normalized spacial score (nSPS) is 12.2. The van der Waals surface area contributed by atoms with Crippen LogP contribution in [0.2, 0.25) is 0 Å². The van der Waals surface area contributed by atoms with E-state index >= 15 is 0 Å². The summed E-state index contributed by atoms with van der Waals surface area (Å²) in [5.74, 6) is -0.858. The van der Waals surface area contributed by atoms with E-state index in [4.69, 9.17) is 14.2 Å². The minimum Gasteiger partial charge on any atom is -0.462 e. The Morgan fingerprint density at radius 3 is 0.800 bits per heavy atom. The summed E-state index contributed by atoms with van der Waals surface area (Å²) in [6.07, 6.45) is 71.9. The second-order valence-corrected chi connectivity index (χ2v) is 21.0. The Hall–Kier alpha value is -2.37. The highest BCUT2D eigenvalue weighted by Gasteiger charge is 2.19. The second kappa shape index (κ2) is 59.2. The minimum absolute atomic E-state index is 0.0676. The minimum atomic E-state index is -0.765. The van der Waals surface area contributed by atoms with Gasteiger partial charge in [-0.3, -0.25) is 14.4 Å². The van der Waals surface area contributed by atoms with Gasteiger partial charge in [0, 0.05) is 19.3 Å². The molecule has 0 saturated heterocycles. The fourth-order valence-corrected chi connectivity index (χ4v) is 9.22. The van der Waals surface area contributed by atoms with Gasteiger partial charge in [0.25, 0.3) is 0 Å². The maximum absolute atomic E-state index is 12.8. The fraction of sp³-hybridized carbons (Fsp3) is 0.859. The van der Waals surface area contributed by atoms with Gasteiger partial charge >= 0.3 is 17.9 Å². The summed E-state index contributed by atoms with van der Waals surface area (Å²) in [5, 5.41) is 0. The summed E-state index contributed by atoms with van der Waals surface area (Å²) in [6.45, 7) is 6.62. The molecule has 0 aromatic carbocycles. The third-order valence-corrected chi connectivity index (χ3v) is 13.9. The number of ether oxygens (including phenoxy) is 3. The molecular weight excluding hydrogens is 865 g/mol. The van der Waals surface area contributed by atoms with Crippen LogP contribution in [0, 0.1) is 0 Å². The molecule has 0 N–H and O–H groups in total. The summed E-state index contributed by atoms with van der Waals surface area (Å²) in [4.78, 5) is 37.9. The molecule has 0 saturated carbocycles. The van der Waals surface area contributed by atoms with Crippen molar-refractivity contribution >= 4 is 17.9 Å². The number of unbranched alkanes of at least 4 members (excludes halogenated alkanes) is 40. The Kier molecular flexibility index (Phi) is 57.2. The van der Waals surface area contributed by atoms with Crippen molar-refractivity contribution in [2.24, 2.45) is 0 Å². The van der Waals surface area contributed by atoms with Crippen molar-refractivity contribution in [2.75, 3.05) is 13.2 Å². The predicted octanol–water partition coefficient (Wildman–Crippen LogP) is 20.8. The van der Waals surface area contributed by atoms with Crippen LogP contribution in [0.15, 0.2) is 36.5 Å². The average Bonchev–Trinajstić information content (AvgIpc) is 3.36. The molecule has 0 rings (SSSR count). The number of hydrogen-bond acceptors (Lipinski definition) is 6. The molecule has 70 heavy (non-hydrogen) atoms. The van der Waals surface area contributed by atoms with Gasteiger partial charge in [-0.05, 0) is 57.8 Å². The highest BCUT2D eigenvalue weighted by molar-refractivity contribution is 5.71. The van der Waals surface area contributed by atoms with E-state index in [9.17, 15) is 14.4 Å². The van der Waals surface area contributed by atoms with E-state index in [0.717, 1.165) is 70.6 Å². The van der Waals surface area contributed by atoms with Crippen molar-refractivity contribution in [3.63, 3.8) is 0 Å². The van der Waals surface area contributed by atoms with Crippen LogP contribution in [0.3, 0.4) is 0 Å². The van der Waals surface area contributed by atoms with Crippen LogP contribution in [0.5, 0.6) is 0 Å². The molecule has 0 amide bonds. The summed E-state index contributed by atoms with van der Waals surface area (Å²) < 4.78 is 16.8. The Morgan fingerprint density at radius 1 is 0.286 bits per heavy atom. The lowest BCUT2D eigenvalue weighted by atomic mass is 10.0. The zero-order valence-electron chi connectivity index (χ0n) is 47.1. The van der Waals surface area contributed by atoms with Crippen LogP contribution in [0.1, 0.15) is 335 Å². The van der Waals surface area contributed by atoms with Crippen LogP contribution >= 0.6 is 0 Å². The quantitative estimate of drug-likeness (QED) is 0.0261. The van der Waals surface area contributed by atoms with Crippen molar-refractivity contribution in [3.8, 4) is 0 Å². The molecule has 0 fully saturated rings. The van der Waals surface area contributed by atoms with E-state index in [1.807, 2.05) is 0 Å². The lowest BCUT2D eigenvalue weighted by Crippen LogP contribution is -2.30. The third-order valence-electron chi connectivity index (χ3n) is 13.9. The van der Waals surface area contributed by atoms with Gasteiger partial charge < -0.3 is 14.2 Å². The maximum Gasteiger partial charge on any atom is 0.306 e. The molecule has 0 radical (unpaired) electrons. The lowest BCUT2D eigenvalue weighted by Gasteiger charge is -2.18. The van der Waals surface area contributed by atoms with Crippen molar-refractivity contribution in [3.05, 3.63) is 36.5 Å². The first-order chi connectivity index (χ1) is 34.5. The van der Waals surface area contributed by atoms with Gasteiger partial charge in [-0.2, -0.15) is 0 Å². The van der Waals surface area contributed by atoms with E-state index in [1.165, 1.54) is 225 Å². The van der Waals surface area contributed by atoms with Gasteiger partial charge in [-0.15, -0.1) is 0 Å². The molecular formula is C64H118O6. The van der Waals surface area contributed by atoms with Crippen molar-refractivity contribution < 1.29 is 28.6 Å². The number of hydrogen-bond donors (Lipinski definition) is 0. The number of carbonyl (C=O) groups excluding carboxylic acids is 3. The molecule has 1 unspecified atom stereocenters. The number of rotatable bonds is 57. The Bertz CT molecular complexity index is 1170. The Morgan fingerprint density at radius 2 is 0.514 bits per heavy atom. The van der Waals surface area contributed by atoms with E-state index in [-0.39, 0.29) is 31.1 Å². The monoisotopic (exact) mass is 983 g/mol. The van der Waals surface area contributed by atoms with Crippen LogP contribution < -0.4 is 0 Å². The Balaban J connectivity index is 4.02. The van der Waals surface area contributed by atoms with Gasteiger partial charge in [0.05, 0.1) is 0 Å². The molecule has 0 heterocycles. The standard InChI is InChI=1S/C64H118O6/c1-4-7-10-13-16-18-20-22-24-26-27-28-29-30-31-32-33-34-35-36-37-39-40-42-44-46-48-51-54-57-63(66)69-60-61(59-68-62(65)56-53-50-15-12-9-6-3)70-64(67)58-55-52-49-47-45-43-41-38-25-23-21-19-17-14-11-8-5-2/h20,22,26-27,29-30,61H,4-19,21,23-25,28,31-60H2,1-3H3/b22-20-,27-26-,30-29-. The van der Waals surface area contributed by atoms with E-state index in [0.29, 0.717) is 19.3 Å². The van der Waals surface area contributed by atoms with Crippen LogP contribution in [0.4, 0.5) is 0 Å². The summed E-state index contributed by atoms with van der Waals surface area (Å²) in [7, 11) is 0. The zero-order valence-corrected chi connectivity index (χ0v) is 47.1. The Labute approximate surface area is 435 Å². The van der Waals surface area contributed by atoms with Crippen molar-refractivity contribution in [2.45, 2.75) is 341 Å². The second-order valence-electron chi connectivity index (χ2n) is 21.0. The molecule has 6 nitrogen and oxygen atoms in total. The van der Waals surface area contributed by atoms with Gasteiger partial charge in [-0.25, -0.2) is 0 Å². The summed E-state index contributed by atoms with van der Waals surface area (Å²) >= 11 is 0. The van der Waals surface area contributed by atoms with Crippen LogP contribution in [0.25, 0.3) is 0 Å². The molecule has 0 bridgehead atoms. The smallest absolute Gasteiger partial charge is 0.306 e. The molecule has 0 aliphatic carbocycles. The first-order valence-electron chi connectivity index (χ1n) is 31.0. The molecule has 0 aromatic rings. The fourth-order valence-electron chi connectivity index (χ4n) is 9.22. The van der Waals surface area contributed by atoms with Gasteiger partial charge in [0.1, 0.15) is 13.2 Å². The number of carbonyl (C=O) groups is 3. The molecule has 1 atom stereocenters. The number of allylic oxidation sites excluding steroid dienone is 6. The molecule has 0 spiro atoms. The first kappa shape index (κ1) is 67.6. The summed E-state index contributed by atoms with van der Waals surface area (Å²) in [6, 6.07) is 0. The average molecular weight is 984 g/mol. The summed E-state index contributed by atoms with van der Waals surface area (Å²) in [5.41, 5.74) is 0. The van der Waals surface area contributed by atoms with E-state index < -0.39 is 6.10 Å². The van der Waals surface area contributed by atoms with Gasteiger partial charge in [0.2, 0.25) is 0 Å². The van der Waals surface area contributed by atoms with Crippen LogP contribution in [-0.2, 0) is 28.6 Å². The molecule has 410 valence electrons. The topological polar surface area (TPSA) is 78.9 Å². The van der Waals surface area contributed by atoms with Crippen molar-refractivity contribution in [1.82, 2.24) is 0 Å². The maximum atomic E-state index is 12.8. The SMILES string of the molecule is CCCCCCC/C=C\C/C=C\C/C=C\CCCCCCCCCCCCCCCCC(=O)OCC(COC(=O)CCCCCCCC)OC(=O)CCCCCCCCCCCCCCCCCCC. The van der Waals surface area contributed by atoms with E-state index in [2.05, 4.69) is 57.2 Å². The molecule has 0 aromatic heterocycles. The lowest BCUT2D eigenvalue weighted by molar-refractivity contribution is -0.167. The predicted molar refractivity (Wildman–Crippen MR) is 302 cm³/mol.